The van der Waals surface area contributed by atoms with Crippen molar-refractivity contribution in [1.82, 2.24) is 25.4 Å². The van der Waals surface area contributed by atoms with Gasteiger partial charge < -0.3 is 19.9 Å². The topological polar surface area (TPSA) is 76.4 Å². The van der Waals surface area contributed by atoms with Crippen LogP contribution in [-0.2, 0) is 19.4 Å². The van der Waals surface area contributed by atoms with E-state index in [9.17, 15) is 0 Å². The number of rotatable bonds is 12. The normalized spacial score (nSPS) is 11.5. The van der Waals surface area contributed by atoms with Gasteiger partial charge in [-0.2, -0.15) is 11.8 Å². The zero-order valence-corrected chi connectivity index (χ0v) is 18.9. The van der Waals surface area contributed by atoms with E-state index in [1.54, 1.807) is 13.4 Å². The van der Waals surface area contributed by atoms with Crippen LogP contribution in [0.25, 0.3) is 0 Å². The molecular formula is C21H34N6OS. The van der Waals surface area contributed by atoms with Crippen molar-refractivity contribution >= 4 is 17.7 Å². The van der Waals surface area contributed by atoms with E-state index >= 15 is 0 Å². The molecule has 0 aliphatic carbocycles. The Morgan fingerprint density at radius 2 is 2.10 bits per heavy atom. The first-order valence-electron chi connectivity index (χ1n) is 10.2. The van der Waals surface area contributed by atoms with Crippen LogP contribution in [-0.4, -0.2) is 59.5 Å². The molecule has 2 rings (SSSR count). The van der Waals surface area contributed by atoms with Crippen molar-refractivity contribution < 1.29 is 4.74 Å². The lowest BCUT2D eigenvalue weighted by molar-refractivity contribution is 0.409. The Bertz CT molecular complexity index is 761. The lowest BCUT2D eigenvalue weighted by atomic mass is 10.1. The minimum atomic E-state index is 0.771. The number of aromatic nitrogens is 3. The summed E-state index contributed by atoms with van der Waals surface area (Å²) in [5, 5.41) is 15.0. The Morgan fingerprint density at radius 3 is 2.86 bits per heavy atom. The molecule has 2 aromatic rings. The summed E-state index contributed by atoms with van der Waals surface area (Å²) in [6, 6.07) is 6.29. The molecule has 0 saturated heterocycles. The van der Waals surface area contributed by atoms with E-state index in [2.05, 4.69) is 57.6 Å². The van der Waals surface area contributed by atoms with Gasteiger partial charge in [-0.05, 0) is 43.4 Å². The van der Waals surface area contributed by atoms with E-state index in [4.69, 9.17) is 9.73 Å². The summed E-state index contributed by atoms with van der Waals surface area (Å²) in [5.74, 6) is 3.91. The minimum Gasteiger partial charge on any atom is -0.496 e. The largest absolute Gasteiger partial charge is 0.496 e. The number of aryl methyl sites for hydroxylation is 2. The Labute approximate surface area is 178 Å². The molecular weight excluding hydrogens is 384 g/mol. The maximum atomic E-state index is 5.49. The SMILES string of the molecule is CCc1nncn1CCNC(=NCCCSC)NCCc1cc(C)ccc1OC. The van der Waals surface area contributed by atoms with Crippen LogP contribution in [0, 0.1) is 6.92 Å². The van der Waals surface area contributed by atoms with Crippen molar-refractivity contribution in [1.29, 1.82) is 0 Å². The van der Waals surface area contributed by atoms with Crippen LogP contribution in [0.4, 0.5) is 0 Å². The fraction of sp³-hybridized carbons (Fsp3) is 0.571. The molecule has 0 aliphatic rings. The molecule has 0 bridgehead atoms. The Morgan fingerprint density at radius 1 is 1.28 bits per heavy atom. The predicted molar refractivity (Wildman–Crippen MR) is 122 cm³/mol. The van der Waals surface area contributed by atoms with Gasteiger partial charge >= 0.3 is 0 Å². The molecule has 0 saturated carbocycles. The van der Waals surface area contributed by atoms with E-state index in [1.807, 2.05) is 17.8 Å². The van der Waals surface area contributed by atoms with Crippen LogP contribution in [0.5, 0.6) is 5.75 Å². The maximum absolute atomic E-state index is 5.49. The van der Waals surface area contributed by atoms with Crippen LogP contribution in [0.1, 0.15) is 30.3 Å². The number of nitrogens with zero attached hydrogens (tertiary/aromatic N) is 4. The molecule has 0 amide bonds. The van der Waals surface area contributed by atoms with Gasteiger partial charge in [-0.15, -0.1) is 10.2 Å². The van der Waals surface area contributed by atoms with Crippen molar-refractivity contribution in [3.63, 3.8) is 0 Å². The van der Waals surface area contributed by atoms with Gasteiger partial charge in [0, 0.05) is 32.6 Å². The molecule has 160 valence electrons. The van der Waals surface area contributed by atoms with E-state index in [0.29, 0.717) is 0 Å². The molecule has 0 fully saturated rings. The van der Waals surface area contributed by atoms with Crippen molar-refractivity contribution in [2.75, 3.05) is 38.8 Å². The fourth-order valence-electron chi connectivity index (χ4n) is 3.03. The lowest BCUT2D eigenvalue weighted by Gasteiger charge is -2.15. The van der Waals surface area contributed by atoms with Gasteiger partial charge in [0.25, 0.3) is 0 Å². The van der Waals surface area contributed by atoms with Gasteiger partial charge in [0.2, 0.25) is 0 Å². The Kier molecular flexibility index (Phi) is 10.4. The van der Waals surface area contributed by atoms with Crippen molar-refractivity contribution in [3.8, 4) is 5.75 Å². The number of benzene rings is 1. The van der Waals surface area contributed by atoms with Crippen LogP contribution in [0.2, 0.25) is 0 Å². The summed E-state index contributed by atoms with van der Waals surface area (Å²) in [4.78, 5) is 4.72. The molecule has 29 heavy (non-hydrogen) atoms. The number of methoxy groups -OCH3 is 1. The summed E-state index contributed by atoms with van der Waals surface area (Å²) < 4.78 is 7.57. The van der Waals surface area contributed by atoms with E-state index < -0.39 is 0 Å². The third-order valence-corrected chi connectivity index (χ3v) is 5.25. The van der Waals surface area contributed by atoms with Gasteiger partial charge in [0.05, 0.1) is 7.11 Å². The number of ether oxygens (including phenoxy) is 1. The third-order valence-electron chi connectivity index (χ3n) is 4.56. The lowest BCUT2D eigenvalue weighted by Crippen LogP contribution is -2.40. The summed E-state index contributed by atoms with van der Waals surface area (Å²) in [7, 11) is 1.72. The molecule has 1 heterocycles. The van der Waals surface area contributed by atoms with E-state index in [1.165, 1.54) is 11.1 Å². The van der Waals surface area contributed by atoms with Crippen LogP contribution >= 0.6 is 11.8 Å². The highest BCUT2D eigenvalue weighted by molar-refractivity contribution is 7.98. The molecule has 8 heteroatoms. The van der Waals surface area contributed by atoms with Crippen LogP contribution in [0.15, 0.2) is 29.5 Å². The monoisotopic (exact) mass is 418 g/mol. The average Bonchev–Trinajstić information content (AvgIpc) is 3.18. The van der Waals surface area contributed by atoms with Crippen LogP contribution < -0.4 is 15.4 Å². The molecule has 0 radical (unpaired) electrons. The van der Waals surface area contributed by atoms with Gasteiger partial charge in [-0.25, -0.2) is 0 Å². The standard InChI is InChI=1S/C21H34N6OS/c1-5-20-26-25-16-27(20)13-12-24-21(22-10-6-14-29-4)23-11-9-18-15-17(2)7-8-19(18)28-3/h7-8,15-16H,5-6,9-14H2,1-4H3,(H2,22,23,24). The smallest absolute Gasteiger partial charge is 0.191 e. The highest BCUT2D eigenvalue weighted by atomic mass is 32.2. The summed E-state index contributed by atoms with van der Waals surface area (Å²) >= 11 is 1.85. The van der Waals surface area contributed by atoms with Gasteiger partial charge in [0.15, 0.2) is 5.96 Å². The Balaban J connectivity index is 1.89. The Hall–Kier alpha value is -2.22. The molecule has 2 N–H and O–H groups in total. The second-order valence-corrected chi connectivity index (χ2v) is 7.78. The number of guanidine groups is 1. The molecule has 1 aromatic carbocycles. The average molecular weight is 419 g/mol. The molecule has 0 aliphatic heterocycles. The van der Waals surface area contributed by atoms with Crippen molar-refractivity contribution in [3.05, 3.63) is 41.5 Å². The quantitative estimate of drug-likeness (QED) is 0.314. The zero-order chi connectivity index (χ0) is 20.9. The van der Waals surface area contributed by atoms with Gasteiger partial charge in [0.1, 0.15) is 17.9 Å². The first-order valence-corrected chi connectivity index (χ1v) is 11.6. The molecule has 7 nitrogen and oxygen atoms in total. The predicted octanol–water partition coefficient (Wildman–Crippen LogP) is 2.69. The fourth-order valence-corrected chi connectivity index (χ4v) is 3.44. The second-order valence-electron chi connectivity index (χ2n) is 6.79. The summed E-state index contributed by atoms with van der Waals surface area (Å²) in [6.45, 7) is 7.39. The molecule has 0 spiro atoms. The second kappa shape index (κ2) is 13.1. The van der Waals surface area contributed by atoms with Gasteiger partial charge in [-0.3, -0.25) is 4.99 Å². The first-order chi connectivity index (χ1) is 14.2. The minimum absolute atomic E-state index is 0.771. The number of hydrogen-bond donors (Lipinski definition) is 2. The highest BCUT2D eigenvalue weighted by Crippen LogP contribution is 2.19. The summed E-state index contributed by atoms with van der Waals surface area (Å²) in [6.07, 6.45) is 6.74. The highest BCUT2D eigenvalue weighted by Gasteiger charge is 2.05. The third kappa shape index (κ3) is 7.97. The zero-order valence-electron chi connectivity index (χ0n) is 18.1. The van der Waals surface area contributed by atoms with Crippen molar-refractivity contribution in [2.45, 2.75) is 39.7 Å². The first kappa shape index (κ1) is 23.1. The summed E-state index contributed by atoms with van der Waals surface area (Å²) in [5.41, 5.74) is 2.45. The number of aliphatic imine (C=N–C) groups is 1. The van der Waals surface area contributed by atoms with E-state index in [0.717, 1.165) is 68.7 Å². The molecule has 0 atom stereocenters. The number of thioether (sulfide) groups is 1. The maximum Gasteiger partial charge on any atom is 0.191 e. The number of hydrogen-bond acceptors (Lipinski definition) is 5. The van der Waals surface area contributed by atoms with Crippen LogP contribution in [0.3, 0.4) is 0 Å². The van der Waals surface area contributed by atoms with E-state index in [-0.39, 0.29) is 0 Å². The molecule has 0 unspecified atom stereocenters. The van der Waals surface area contributed by atoms with Crippen molar-refractivity contribution in [2.24, 2.45) is 4.99 Å². The molecule has 1 aromatic heterocycles. The van der Waals surface area contributed by atoms with Gasteiger partial charge in [-0.1, -0.05) is 24.6 Å². The number of nitrogens with one attached hydrogen (secondary N) is 2.